The molecule has 10 heteroatoms. The van der Waals surface area contributed by atoms with Crippen LogP contribution in [0.25, 0.3) is 0 Å². The van der Waals surface area contributed by atoms with Gasteiger partial charge in [-0.2, -0.15) is 0 Å². The number of benzene rings is 2. The van der Waals surface area contributed by atoms with Crippen LogP contribution in [0.15, 0.2) is 46.0 Å². The number of anilines is 2. The van der Waals surface area contributed by atoms with E-state index in [0.29, 0.717) is 45.6 Å². The lowest BCUT2D eigenvalue weighted by atomic mass is 9.99. The minimum Gasteiger partial charge on any atom is -0.480 e. The van der Waals surface area contributed by atoms with Crippen LogP contribution in [-0.2, 0) is 24.2 Å². The third-order valence-corrected chi connectivity index (χ3v) is 6.21. The molecule has 1 atom stereocenters. The van der Waals surface area contributed by atoms with E-state index in [1.54, 1.807) is 36.4 Å². The second kappa shape index (κ2) is 10.6. The molecule has 0 heterocycles. The van der Waals surface area contributed by atoms with Crippen molar-refractivity contribution in [3.8, 4) is 0 Å². The Balaban J connectivity index is 1.71. The van der Waals surface area contributed by atoms with E-state index in [4.69, 9.17) is 40.6 Å². The maximum atomic E-state index is 12.0. The molecule has 0 radical (unpaired) electrons. The number of hydrazine groups is 1. The normalized spacial score (nSPS) is 12.0. The van der Waals surface area contributed by atoms with Crippen molar-refractivity contribution in [2.24, 2.45) is 5.84 Å². The summed E-state index contributed by atoms with van der Waals surface area (Å²) in [7, 11) is 0. The summed E-state index contributed by atoms with van der Waals surface area (Å²) in [5.41, 5.74) is 1.10. The van der Waals surface area contributed by atoms with Gasteiger partial charge in [0.15, 0.2) is 0 Å². The van der Waals surface area contributed by atoms with E-state index in [-0.39, 0.29) is 17.7 Å². The number of nitrogens with one attached hydrogen (secondary N) is 1. The quantitative estimate of drug-likeness (QED) is 0.213. The van der Waals surface area contributed by atoms with Crippen molar-refractivity contribution in [2.45, 2.75) is 38.8 Å². The van der Waals surface area contributed by atoms with Crippen LogP contribution in [0.3, 0.4) is 0 Å². The number of nitrogens with two attached hydrogens (primary N) is 1. The Morgan fingerprint density at radius 2 is 1.67 bits per heavy atom. The SMILES string of the molecule is CCCc1c(N(N)[C@@H](Cc2ccc(NCc3c(Cl)cc(Cl)cc3Cl)cc2)C(=O)O)c(=O)c1=O. The topological polar surface area (TPSA) is 113 Å². The first-order valence-corrected chi connectivity index (χ1v) is 11.3. The third kappa shape index (κ3) is 5.50. The van der Waals surface area contributed by atoms with Crippen LogP contribution in [0, 0.1) is 0 Å². The number of aliphatic carboxylic acids is 1. The standard InChI is InChI=1S/C23H22Cl3N3O4/c1-2-3-15-20(22(31)21(15)30)29(27)19(23(32)33)8-12-4-6-14(7-5-12)28-11-16-17(25)9-13(24)10-18(16)26/h4-7,9-10,19,28H,2-3,8,11,27H2,1H3,(H,32,33)/t19-/m0/s1. The van der Waals surface area contributed by atoms with Crippen molar-refractivity contribution >= 4 is 52.1 Å². The highest BCUT2D eigenvalue weighted by Gasteiger charge is 2.32. The number of rotatable bonds is 10. The van der Waals surface area contributed by atoms with E-state index < -0.39 is 22.9 Å². The average Bonchev–Trinajstić information content (AvgIpc) is 2.76. The van der Waals surface area contributed by atoms with Gasteiger partial charge in [-0.25, -0.2) is 10.6 Å². The first-order chi connectivity index (χ1) is 15.6. The Bertz CT molecular complexity index is 1210. The molecule has 0 aliphatic heterocycles. The third-order valence-electron chi connectivity index (χ3n) is 5.32. The molecular weight excluding hydrogens is 489 g/mol. The van der Waals surface area contributed by atoms with Crippen molar-refractivity contribution in [3.05, 3.63) is 88.6 Å². The summed E-state index contributed by atoms with van der Waals surface area (Å²) in [6.07, 6.45) is 1.07. The van der Waals surface area contributed by atoms with Crippen LogP contribution in [0.2, 0.25) is 15.1 Å². The van der Waals surface area contributed by atoms with Gasteiger partial charge >= 0.3 is 5.97 Å². The van der Waals surface area contributed by atoms with Crippen molar-refractivity contribution in [2.75, 3.05) is 10.3 Å². The fourth-order valence-electron chi connectivity index (χ4n) is 3.56. The van der Waals surface area contributed by atoms with Gasteiger partial charge in [0.25, 0.3) is 5.43 Å². The van der Waals surface area contributed by atoms with Crippen LogP contribution in [0.5, 0.6) is 0 Å². The molecular formula is C23H22Cl3N3O4. The minimum atomic E-state index is -1.20. The molecule has 3 rings (SSSR count). The first kappa shape index (κ1) is 25.1. The average molecular weight is 511 g/mol. The molecule has 174 valence electrons. The summed E-state index contributed by atoms with van der Waals surface area (Å²) < 4.78 is 0. The van der Waals surface area contributed by atoms with Gasteiger partial charge in [0.1, 0.15) is 11.7 Å². The number of nitrogens with zero attached hydrogens (tertiary/aromatic N) is 1. The molecule has 0 spiro atoms. The highest BCUT2D eigenvalue weighted by Crippen LogP contribution is 2.29. The van der Waals surface area contributed by atoms with Crippen LogP contribution in [0.4, 0.5) is 11.4 Å². The molecule has 3 aromatic carbocycles. The van der Waals surface area contributed by atoms with Gasteiger partial charge < -0.3 is 10.4 Å². The summed E-state index contributed by atoms with van der Waals surface area (Å²) in [5, 5.41) is 15.2. The van der Waals surface area contributed by atoms with Crippen LogP contribution in [-0.4, -0.2) is 17.1 Å². The summed E-state index contributed by atoms with van der Waals surface area (Å²) in [6, 6.07) is 9.11. The molecule has 33 heavy (non-hydrogen) atoms. The second-order valence-corrected chi connectivity index (χ2v) is 8.85. The van der Waals surface area contributed by atoms with Gasteiger partial charge in [-0.3, -0.25) is 14.6 Å². The van der Waals surface area contributed by atoms with Crippen molar-refractivity contribution in [1.82, 2.24) is 0 Å². The monoisotopic (exact) mass is 509 g/mol. The molecule has 0 aliphatic rings. The zero-order valence-corrected chi connectivity index (χ0v) is 20.0. The summed E-state index contributed by atoms with van der Waals surface area (Å²) >= 11 is 18.3. The van der Waals surface area contributed by atoms with E-state index in [9.17, 15) is 19.5 Å². The van der Waals surface area contributed by atoms with Crippen LogP contribution < -0.4 is 27.0 Å². The van der Waals surface area contributed by atoms with E-state index in [2.05, 4.69) is 5.32 Å². The number of halogens is 3. The van der Waals surface area contributed by atoms with E-state index in [0.717, 1.165) is 10.7 Å². The number of carbonyl (C=O) groups is 1. The van der Waals surface area contributed by atoms with Crippen LogP contribution >= 0.6 is 34.8 Å². The van der Waals surface area contributed by atoms with Gasteiger partial charge in [0.05, 0.1) is 0 Å². The molecule has 0 amide bonds. The first-order valence-electron chi connectivity index (χ1n) is 10.2. The van der Waals surface area contributed by atoms with Gasteiger partial charge in [-0.15, -0.1) is 0 Å². The van der Waals surface area contributed by atoms with Crippen molar-refractivity contribution < 1.29 is 9.90 Å². The summed E-state index contributed by atoms with van der Waals surface area (Å²) in [5.74, 6) is 4.81. The number of hydrogen-bond donors (Lipinski definition) is 3. The highest BCUT2D eigenvalue weighted by molar-refractivity contribution is 6.39. The predicted octanol–water partition coefficient (Wildman–Crippen LogP) is 4.18. The fraction of sp³-hybridized carbons (Fsp3) is 0.261. The molecule has 3 aromatic rings. The highest BCUT2D eigenvalue weighted by atomic mass is 35.5. The Kier molecular flexibility index (Phi) is 8.02. The minimum absolute atomic E-state index is 0.00995. The predicted molar refractivity (Wildman–Crippen MR) is 132 cm³/mol. The number of hydrogen-bond acceptors (Lipinski definition) is 6. The Morgan fingerprint density at radius 3 is 2.21 bits per heavy atom. The molecule has 7 nitrogen and oxygen atoms in total. The molecule has 0 saturated carbocycles. The fourth-order valence-corrected chi connectivity index (χ4v) is 4.51. The number of carboxylic acids is 1. The summed E-state index contributed by atoms with van der Waals surface area (Å²) in [6.45, 7) is 2.23. The molecule has 0 saturated heterocycles. The summed E-state index contributed by atoms with van der Waals surface area (Å²) in [4.78, 5) is 35.7. The largest absolute Gasteiger partial charge is 0.480 e. The van der Waals surface area contributed by atoms with Crippen molar-refractivity contribution in [1.29, 1.82) is 0 Å². The Labute approximate surface area is 205 Å². The molecule has 4 N–H and O–H groups in total. The smallest absolute Gasteiger partial charge is 0.328 e. The van der Waals surface area contributed by atoms with Gasteiger partial charge in [-0.1, -0.05) is 60.3 Å². The molecule has 0 aliphatic carbocycles. The Hall–Kier alpha value is -2.58. The lowest BCUT2D eigenvalue weighted by molar-refractivity contribution is -0.138. The van der Waals surface area contributed by atoms with Crippen molar-refractivity contribution in [3.63, 3.8) is 0 Å². The number of carboxylic acid groups (broad SMARTS) is 1. The van der Waals surface area contributed by atoms with E-state index in [1.165, 1.54) is 0 Å². The maximum absolute atomic E-state index is 12.0. The van der Waals surface area contributed by atoms with E-state index in [1.807, 2.05) is 6.92 Å². The Morgan fingerprint density at radius 1 is 1.06 bits per heavy atom. The van der Waals surface area contributed by atoms with Gasteiger partial charge in [0.2, 0.25) is 5.43 Å². The zero-order valence-electron chi connectivity index (χ0n) is 17.7. The molecule has 0 unspecified atom stereocenters. The molecule has 0 aromatic heterocycles. The van der Waals surface area contributed by atoms with Crippen LogP contribution in [0.1, 0.15) is 30.0 Å². The van der Waals surface area contributed by atoms with Gasteiger partial charge in [-0.05, 0) is 36.2 Å². The van der Waals surface area contributed by atoms with E-state index >= 15 is 0 Å². The zero-order chi connectivity index (χ0) is 24.3. The maximum Gasteiger partial charge on any atom is 0.328 e. The lowest BCUT2D eigenvalue weighted by Gasteiger charge is -2.28. The second-order valence-electron chi connectivity index (χ2n) is 7.60. The van der Waals surface area contributed by atoms with Gasteiger partial charge in [0, 0.05) is 44.8 Å². The molecule has 0 bridgehead atoms. The molecule has 0 fully saturated rings. The lowest BCUT2D eigenvalue weighted by Crippen LogP contribution is -2.54.